The van der Waals surface area contributed by atoms with Crippen molar-refractivity contribution in [2.24, 2.45) is 11.8 Å². The van der Waals surface area contributed by atoms with E-state index in [1.54, 1.807) is 24.0 Å². The Kier molecular flexibility index (Phi) is 10.4. The van der Waals surface area contributed by atoms with Crippen molar-refractivity contribution in [1.29, 1.82) is 0 Å². The predicted molar refractivity (Wildman–Crippen MR) is 165 cm³/mol. The Morgan fingerprint density at radius 3 is 2.55 bits per heavy atom. The first-order valence-corrected chi connectivity index (χ1v) is 15.5. The molecule has 4 rings (SSSR count). The van der Waals surface area contributed by atoms with Crippen molar-refractivity contribution in [2.75, 3.05) is 19.7 Å². The number of hydrogen-bond donors (Lipinski definition) is 2. The lowest BCUT2D eigenvalue weighted by Gasteiger charge is -2.43. The number of hydrogen-bond acceptors (Lipinski definition) is 7. The van der Waals surface area contributed by atoms with Crippen LogP contribution in [-0.4, -0.2) is 93.7 Å². The van der Waals surface area contributed by atoms with Gasteiger partial charge in [0, 0.05) is 18.5 Å². The maximum absolute atomic E-state index is 14.6. The Labute approximate surface area is 260 Å². The average Bonchev–Trinajstić information content (AvgIpc) is 3.63. The highest BCUT2D eigenvalue weighted by molar-refractivity contribution is 5.98. The summed E-state index contributed by atoms with van der Waals surface area (Å²) in [6, 6.07) is 7.74. The third kappa shape index (κ3) is 6.47. The van der Waals surface area contributed by atoms with E-state index in [1.807, 2.05) is 51.1 Å². The summed E-state index contributed by atoms with van der Waals surface area (Å²) in [5.74, 6) is -3.29. The van der Waals surface area contributed by atoms with Crippen LogP contribution in [0.2, 0.25) is 0 Å². The quantitative estimate of drug-likeness (QED) is 0.246. The van der Waals surface area contributed by atoms with Gasteiger partial charge in [0.15, 0.2) is 0 Å². The molecule has 7 atom stereocenters. The van der Waals surface area contributed by atoms with E-state index < -0.39 is 53.2 Å². The van der Waals surface area contributed by atoms with Gasteiger partial charge in [-0.3, -0.25) is 19.2 Å². The number of aliphatic hydroxyl groups is 1. The fourth-order valence-corrected chi connectivity index (χ4v) is 7.04. The van der Waals surface area contributed by atoms with Crippen LogP contribution in [0.1, 0.15) is 58.9 Å². The molecule has 3 heterocycles. The summed E-state index contributed by atoms with van der Waals surface area (Å²) in [5, 5.41) is 13.4. The number of ether oxygens (including phenoxy) is 2. The molecule has 10 heteroatoms. The fourth-order valence-electron chi connectivity index (χ4n) is 7.04. The van der Waals surface area contributed by atoms with Crippen LogP contribution < -0.4 is 5.32 Å². The van der Waals surface area contributed by atoms with Crippen LogP contribution >= 0.6 is 0 Å². The number of esters is 1. The third-order valence-electron chi connectivity index (χ3n) is 9.03. The molecule has 2 N–H and O–H groups in total. The summed E-state index contributed by atoms with van der Waals surface area (Å²) >= 11 is 0. The number of fused-ring (bicyclic) bond motifs is 1. The zero-order chi connectivity index (χ0) is 32.2. The van der Waals surface area contributed by atoms with Gasteiger partial charge in [0.05, 0.1) is 37.1 Å². The highest BCUT2D eigenvalue weighted by Crippen LogP contribution is 2.59. The summed E-state index contributed by atoms with van der Waals surface area (Å²) < 4.78 is 12.3. The van der Waals surface area contributed by atoms with Gasteiger partial charge in [-0.05, 0) is 58.9 Å². The lowest BCUT2D eigenvalue weighted by Crippen LogP contribution is -2.61. The molecule has 3 aliphatic heterocycles. The molecule has 0 aromatic heterocycles. The standard InChI is InChI=1S/C34H47N3O7/c1-7-9-15-26(39)35-20-22(3)43-32(42)27-25-16-17-34(44-25)28(27)30(40)37(24(21-38)19-23-13-11-10-12-14-23)29(34)31(41)36(18-8-2)33(4,5)6/h7-8,10-14,22,24-25,27-29,38H,1-2,9,15-21H2,3-6H3,(H,35,39)/t22-,24-,25-,27+,28+,29-,34+/m1/s1. The summed E-state index contributed by atoms with van der Waals surface area (Å²) in [6.07, 6.45) is 4.18. The molecule has 3 aliphatic rings. The van der Waals surface area contributed by atoms with Gasteiger partial charge in [0.2, 0.25) is 17.7 Å². The second-order valence-corrected chi connectivity index (χ2v) is 13.1. The van der Waals surface area contributed by atoms with Gasteiger partial charge in [-0.15, -0.1) is 13.2 Å². The topological polar surface area (TPSA) is 125 Å². The Hall–Kier alpha value is -3.50. The molecular weight excluding hydrogens is 562 g/mol. The number of benzene rings is 1. The van der Waals surface area contributed by atoms with E-state index in [4.69, 9.17) is 9.47 Å². The van der Waals surface area contributed by atoms with Gasteiger partial charge in [0.1, 0.15) is 17.7 Å². The number of allylic oxidation sites excluding steroid dienone is 1. The highest BCUT2D eigenvalue weighted by atomic mass is 16.6. The molecule has 3 fully saturated rings. The van der Waals surface area contributed by atoms with Gasteiger partial charge < -0.3 is 29.7 Å². The van der Waals surface area contributed by atoms with Crippen LogP contribution in [0.5, 0.6) is 0 Å². The number of carbonyl (C=O) groups excluding carboxylic acids is 4. The van der Waals surface area contributed by atoms with Gasteiger partial charge >= 0.3 is 5.97 Å². The lowest BCUT2D eigenvalue weighted by molar-refractivity contribution is -0.160. The second kappa shape index (κ2) is 13.6. The number of nitrogens with zero attached hydrogens (tertiary/aromatic N) is 2. The van der Waals surface area contributed by atoms with Gasteiger partial charge in [-0.2, -0.15) is 0 Å². The molecule has 0 aliphatic carbocycles. The van der Waals surface area contributed by atoms with Gasteiger partial charge in [-0.1, -0.05) is 42.5 Å². The zero-order valence-corrected chi connectivity index (χ0v) is 26.4. The maximum Gasteiger partial charge on any atom is 0.312 e. The highest BCUT2D eigenvalue weighted by Gasteiger charge is 2.75. The number of aliphatic hydroxyl groups excluding tert-OH is 1. The molecular formula is C34H47N3O7. The Morgan fingerprint density at radius 2 is 1.93 bits per heavy atom. The van der Waals surface area contributed by atoms with Crippen molar-refractivity contribution in [1.82, 2.24) is 15.1 Å². The molecule has 0 saturated carbocycles. The van der Waals surface area contributed by atoms with E-state index in [0.717, 1.165) is 5.56 Å². The first kappa shape index (κ1) is 33.4. The minimum Gasteiger partial charge on any atom is -0.460 e. The van der Waals surface area contributed by atoms with E-state index in [1.165, 1.54) is 4.90 Å². The van der Waals surface area contributed by atoms with E-state index in [2.05, 4.69) is 18.5 Å². The Morgan fingerprint density at radius 1 is 1.23 bits per heavy atom. The van der Waals surface area contributed by atoms with E-state index >= 15 is 0 Å². The molecule has 0 unspecified atom stereocenters. The van der Waals surface area contributed by atoms with Crippen LogP contribution in [0.25, 0.3) is 0 Å². The van der Waals surface area contributed by atoms with Crippen LogP contribution in [0.3, 0.4) is 0 Å². The minimum atomic E-state index is -1.24. The first-order valence-electron chi connectivity index (χ1n) is 15.5. The second-order valence-electron chi connectivity index (χ2n) is 13.1. The molecule has 240 valence electrons. The molecule has 44 heavy (non-hydrogen) atoms. The maximum atomic E-state index is 14.6. The van der Waals surface area contributed by atoms with Crippen molar-refractivity contribution in [3.8, 4) is 0 Å². The van der Waals surface area contributed by atoms with Gasteiger partial charge in [0.25, 0.3) is 0 Å². The molecule has 1 aromatic carbocycles. The molecule has 3 amide bonds. The fraction of sp³-hybridized carbons (Fsp3) is 0.588. The zero-order valence-electron chi connectivity index (χ0n) is 26.4. The summed E-state index contributed by atoms with van der Waals surface area (Å²) in [6.45, 7) is 14.9. The average molecular weight is 610 g/mol. The number of carbonyl (C=O) groups is 4. The Bertz CT molecular complexity index is 1250. The summed E-state index contributed by atoms with van der Waals surface area (Å²) in [4.78, 5) is 58.0. The molecule has 0 radical (unpaired) electrons. The molecule has 1 spiro atoms. The third-order valence-corrected chi connectivity index (χ3v) is 9.03. The van der Waals surface area contributed by atoms with Crippen molar-refractivity contribution in [3.63, 3.8) is 0 Å². The minimum absolute atomic E-state index is 0.128. The Balaban J connectivity index is 1.66. The number of likely N-dealkylation sites (tertiary alicyclic amines) is 1. The largest absolute Gasteiger partial charge is 0.460 e. The van der Waals surface area contributed by atoms with Crippen molar-refractivity contribution in [3.05, 3.63) is 61.2 Å². The lowest BCUT2D eigenvalue weighted by atomic mass is 9.70. The first-order chi connectivity index (χ1) is 20.9. The molecule has 10 nitrogen and oxygen atoms in total. The van der Waals surface area contributed by atoms with Crippen LogP contribution in [-0.2, 0) is 35.1 Å². The normalized spacial score (nSPS) is 26.9. The van der Waals surface area contributed by atoms with Gasteiger partial charge in [-0.25, -0.2) is 0 Å². The van der Waals surface area contributed by atoms with Crippen LogP contribution in [0, 0.1) is 11.8 Å². The molecule has 1 aromatic rings. The smallest absolute Gasteiger partial charge is 0.312 e. The van der Waals surface area contributed by atoms with E-state index in [9.17, 15) is 24.3 Å². The SMILES string of the molecule is C=CCCC(=O)NC[C@@H](C)OC(=O)[C@@H]1[C@H]2C(=O)N([C@@H](CO)Cc3ccccc3)[C@H](C(=O)N(CC=C)C(C)(C)C)[C@]23CC[C@H]1O3. The van der Waals surface area contributed by atoms with Crippen LogP contribution in [0.15, 0.2) is 55.6 Å². The monoisotopic (exact) mass is 609 g/mol. The summed E-state index contributed by atoms with van der Waals surface area (Å²) in [5.41, 5.74) is -0.924. The predicted octanol–water partition coefficient (Wildman–Crippen LogP) is 2.79. The molecule has 3 saturated heterocycles. The van der Waals surface area contributed by atoms with E-state index in [0.29, 0.717) is 32.1 Å². The number of nitrogens with one attached hydrogen (secondary N) is 1. The van der Waals surface area contributed by atoms with E-state index in [-0.39, 0.29) is 37.4 Å². The van der Waals surface area contributed by atoms with Crippen LogP contribution in [0.4, 0.5) is 0 Å². The van der Waals surface area contributed by atoms with Crippen molar-refractivity contribution in [2.45, 2.75) is 95.2 Å². The number of rotatable bonds is 14. The number of amides is 3. The van der Waals surface area contributed by atoms with Crippen molar-refractivity contribution >= 4 is 23.7 Å². The molecule has 2 bridgehead atoms. The van der Waals surface area contributed by atoms with Crippen molar-refractivity contribution < 1.29 is 33.8 Å². The summed E-state index contributed by atoms with van der Waals surface area (Å²) in [7, 11) is 0.